The molecule has 0 aliphatic rings. The Morgan fingerprint density at radius 2 is 1.04 bits per heavy atom. The number of benzene rings is 5. The van der Waals surface area contributed by atoms with E-state index in [9.17, 15) is 9.90 Å². The zero-order valence-electron chi connectivity index (χ0n) is 29.0. The first-order valence-corrected chi connectivity index (χ1v) is 17.8. The second kappa shape index (κ2) is 17.7. The number of hydrogen-bond donors (Lipinski definition) is 1. The molecule has 6 rings (SSSR count). The number of phenols is 1. The highest BCUT2D eigenvalue weighted by Gasteiger charge is 2.16. The molecule has 6 aromatic rings. The molecule has 0 atom stereocenters. The minimum absolute atomic E-state index is 0.0416. The van der Waals surface area contributed by atoms with E-state index in [1.807, 2.05) is 60.7 Å². The van der Waals surface area contributed by atoms with Crippen LogP contribution in [0.15, 0.2) is 127 Å². The monoisotopic (exact) mass is 677 g/mol. The fourth-order valence-electron chi connectivity index (χ4n) is 5.82. The number of ether oxygens (including phenoxy) is 2. The molecule has 0 fully saturated rings. The summed E-state index contributed by atoms with van der Waals surface area (Å²) in [6.07, 6.45) is 6.94. The van der Waals surface area contributed by atoms with Crippen LogP contribution in [-0.4, -0.2) is 39.2 Å². The smallest absolute Gasteiger partial charge is 0.309 e. The molecule has 7 nitrogen and oxygen atoms in total. The van der Waals surface area contributed by atoms with Gasteiger partial charge in [0.15, 0.2) is 17.5 Å². The Labute approximate surface area is 300 Å². The van der Waals surface area contributed by atoms with E-state index >= 15 is 0 Å². The fourth-order valence-corrected chi connectivity index (χ4v) is 5.82. The van der Waals surface area contributed by atoms with Crippen LogP contribution in [0.4, 0.5) is 0 Å². The van der Waals surface area contributed by atoms with E-state index < -0.39 is 0 Å². The topological polar surface area (TPSA) is 94.4 Å². The van der Waals surface area contributed by atoms with Crippen LogP contribution in [0.5, 0.6) is 11.5 Å². The van der Waals surface area contributed by atoms with Crippen LogP contribution in [0.3, 0.4) is 0 Å². The summed E-state index contributed by atoms with van der Waals surface area (Å²) < 4.78 is 11.1. The van der Waals surface area contributed by atoms with Crippen molar-refractivity contribution in [1.29, 1.82) is 0 Å². The summed E-state index contributed by atoms with van der Waals surface area (Å²) in [5.41, 5.74) is 6.50. The van der Waals surface area contributed by atoms with Crippen LogP contribution < -0.4 is 4.74 Å². The van der Waals surface area contributed by atoms with E-state index in [0.717, 1.165) is 46.2 Å². The maximum absolute atomic E-state index is 12.2. The number of aromatic hydroxyl groups is 1. The molecule has 0 radical (unpaired) electrons. The molecule has 258 valence electrons. The van der Waals surface area contributed by atoms with E-state index in [2.05, 4.69) is 55.5 Å². The lowest BCUT2D eigenvalue weighted by molar-refractivity contribution is -0.144. The largest absolute Gasteiger partial charge is 0.507 e. The van der Waals surface area contributed by atoms with Crippen LogP contribution in [0, 0.1) is 0 Å². The van der Waals surface area contributed by atoms with Gasteiger partial charge in [0.2, 0.25) is 0 Å². The lowest BCUT2D eigenvalue weighted by Gasteiger charge is -2.12. The number of hydrogen-bond acceptors (Lipinski definition) is 7. The van der Waals surface area contributed by atoms with Crippen LogP contribution in [0.2, 0.25) is 0 Å². The number of phenolic OH excluding ortho intramolecular Hbond substituents is 1. The van der Waals surface area contributed by atoms with Crippen molar-refractivity contribution < 1.29 is 19.4 Å². The summed E-state index contributed by atoms with van der Waals surface area (Å²) in [7, 11) is 0. The molecule has 0 aliphatic carbocycles. The highest BCUT2D eigenvalue weighted by Crippen LogP contribution is 2.34. The molecule has 1 aromatic heterocycles. The average Bonchev–Trinajstić information content (AvgIpc) is 3.18. The van der Waals surface area contributed by atoms with Crippen molar-refractivity contribution in [3.8, 4) is 67.9 Å². The zero-order chi connectivity index (χ0) is 35.3. The van der Waals surface area contributed by atoms with Gasteiger partial charge < -0.3 is 14.6 Å². The molecule has 0 saturated carbocycles. The number of rotatable bonds is 16. The molecular weight excluding hydrogens is 635 g/mol. The van der Waals surface area contributed by atoms with E-state index in [1.54, 1.807) is 12.1 Å². The first-order valence-electron chi connectivity index (χ1n) is 17.8. The lowest BCUT2D eigenvalue weighted by atomic mass is 10.0. The van der Waals surface area contributed by atoms with Gasteiger partial charge in [0, 0.05) is 17.2 Å². The van der Waals surface area contributed by atoms with Crippen molar-refractivity contribution in [2.75, 3.05) is 13.2 Å². The number of carbonyl (C=O) groups is 1. The number of aromatic nitrogens is 3. The molecule has 51 heavy (non-hydrogen) atoms. The number of esters is 1. The van der Waals surface area contributed by atoms with Gasteiger partial charge in [-0.2, -0.15) is 0 Å². The molecule has 0 bridgehead atoms. The van der Waals surface area contributed by atoms with Gasteiger partial charge in [-0.15, -0.1) is 0 Å². The maximum Gasteiger partial charge on any atom is 0.309 e. The second-order valence-corrected chi connectivity index (χ2v) is 12.5. The summed E-state index contributed by atoms with van der Waals surface area (Å²) in [4.78, 5) is 26.7. The number of unbranched alkanes of at least 4 members (excludes halogenated alkanes) is 5. The molecule has 1 heterocycles. The van der Waals surface area contributed by atoms with Crippen LogP contribution in [0.25, 0.3) is 56.4 Å². The molecule has 0 saturated heterocycles. The second-order valence-electron chi connectivity index (χ2n) is 12.5. The Hall–Kier alpha value is -5.82. The third-order valence-corrected chi connectivity index (χ3v) is 8.68. The van der Waals surface area contributed by atoms with Crippen molar-refractivity contribution in [3.63, 3.8) is 0 Å². The fraction of sp³-hybridized carbons (Fsp3) is 0.227. The van der Waals surface area contributed by atoms with Crippen LogP contribution >= 0.6 is 0 Å². The van der Waals surface area contributed by atoms with E-state index in [1.165, 1.54) is 31.7 Å². The Morgan fingerprint density at radius 1 is 0.549 bits per heavy atom. The van der Waals surface area contributed by atoms with Gasteiger partial charge in [0.1, 0.15) is 11.5 Å². The first-order chi connectivity index (χ1) is 25.1. The predicted octanol–water partition coefficient (Wildman–Crippen LogP) is 10.6. The van der Waals surface area contributed by atoms with Crippen molar-refractivity contribution in [2.24, 2.45) is 0 Å². The van der Waals surface area contributed by atoms with Crippen molar-refractivity contribution in [1.82, 2.24) is 15.0 Å². The van der Waals surface area contributed by atoms with E-state index in [4.69, 9.17) is 24.4 Å². The normalized spacial score (nSPS) is 10.9. The van der Waals surface area contributed by atoms with Crippen molar-refractivity contribution >= 4 is 5.97 Å². The average molecular weight is 678 g/mol. The quantitative estimate of drug-likeness (QED) is 0.0805. The number of carbonyl (C=O) groups excluding carboxylic acids is 1. The SMILES string of the molecule is CCCCCCCCOC(=O)CCOc1ccc(-c2nc(-c3ccc(-c4ccccc4)cc3)nc(-c3ccc(-c4ccccc4)cc3)n2)c(O)c1. The molecule has 0 unspecified atom stereocenters. The summed E-state index contributed by atoms with van der Waals surface area (Å²) in [6, 6.07) is 41.6. The van der Waals surface area contributed by atoms with Gasteiger partial charge in [0.25, 0.3) is 0 Å². The molecular formula is C44H43N3O4. The number of nitrogens with zero attached hydrogens (tertiary/aromatic N) is 3. The minimum atomic E-state index is -0.289. The molecule has 5 aromatic carbocycles. The van der Waals surface area contributed by atoms with Gasteiger partial charge in [0.05, 0.1) is 25.2 Å². The van der Waals surface area contributed by atoms with Gasteiger partial charge >= 0.3 is 5.97 Å². The van der Waals surface area contributed by atoms with Crippen molar-refractivity contribution in [2.45, 2.75) is 51.9 Å². The summed E-state index contributed by atoms with van der Waals surface area (Å²) >= 11 is 0. The zero-order valence-corrected chi connectivity index (χ0v) is 29.0. The Bertz CT molecular complexity index is 1900. The van der Waals surface area contributed by atoms with E-state index in [0.29, 0.717) is 35.4 Å². The first kappa shape index (κ1) is 35.0. The molecule has 1 N–H and O–H groups in total. The van der Waals surface area contributed by atoms with Crippen LogP contribution in [-0.2, 0) is 9.53 Å². The summed E-state index contributed by atoms with van der Waals surface area (Å²) in [5.74, 6) is 1.41. The summed E-state index contributed by atoms with van der Waals surface area (Å²) in [5, 5.41) is 11.1. The third-order valence-electron chi connectivity index (χ3n) is 8.68. The Balaban J connectivity index is 1.19. The molecule has 0 spiro atoms. The van der Waals surface area contributed by atoms with Gasteiger partial charge in [-0.25, -0.2) is 15.0 Å². The molecule has 0 aliphatic heterocycles. The van der Waals surface area contributed by atoms with E-state index in [-0.39, 0.29) is 24.7 Å². The van der Waals surface area contributed by atoms with Gasteiger partial charge in [-0.05, 0) is 40.8 Å². The highest BCUT2D eigenvalue weighted by atomic mass is 16.5. The van der Waals surface area contributed by atoms with Gasteiger partial charge in [-0.3, -0.25) is 4.79 Å². The summed E-state index contributed by atoms with van der Waals surface area (Å²) in [6.45, 7) is 2.78. The molecule has 0 amide bonds. The van der Waals surface area contributed by atoms with Crippen LogP contribution in [0.1, 0.15) is 51.9 Å². The lowest BCUT2D eigenvalue weighted by Crippen LogP contribution is -2.10. The standard InChI is InChI=1S/C44H43N3O4/c1-2-3-4-5-6-13-29-51-41(49)28-30-50-38-26-27-39(40(48)31-38)44-46-42(36-22-18-34(19-23-36)32-14-9-7-10-15-32)45-43(47-44)37-24-20-35(21-25-37)33-16-11-8-12-17-33/h7-12,14-27,31,48H,2-6,13,28-30H2,1H3. The Kier molecular flexibility index (Phi) is 12.2. The van der Waals surface area contributed by atoms with Gasteiger partial charge in [-0.1, -0.05) is 148 Å². The Morgan fingerprint density at radius 3 is 1.59 bits per heavy atom. The van der Waals surface area contributed by atoms with Crippen molar-refractivity contribution in [3.05, 3.63) is 127 Å². The third kappa shape index (κ3) is 9.67. The molecule has 7 heteroatoms. The predicted molar refractivity (Wildman–Crippen MR) is 203 cm³/mol. The highest BCUT2D eigenvalue weighted by molar-refractivity contribution is 5.74. The maximum atomic E-state index is 12.2. The minimum Gasteiger partial charge on any atom is -0.507 e.